The highest BCUT2D eigenvalue weighted by Crippen LogP contribution is 2.27. The Bertz CT molecular complexity index is 407. The van der Waals surface area contributed by atoms with Crippen molar-refractivity contribution in [3.63, 3.8) is 0 Å². The molecule has 18 heavy (non-hydrogen) atoms. The van der Waals surface area contributed by atoms with Gasteiger partial charge in [0, 0.05) is 31.6 Å². The summed E-state index contributed by atoms with van der Waals surface area (Å²) in [4.78, 5) is 12.2. The van der Waals surface area contributed by atoms with Crippen molar-refractivity contribution in [2.45, 2.75) is 26.2 Å². The summed E-state index contributed by atoms with van der Waals surface area (Å²) in [5.74, 6) is 0.180. The van der Waals surface area contributed by atoms with Gasteiger partial charge in [0.25, 0.3) is 0 Å². The van der Waals surface area contributed by atoms with Crippen molar-refractivity contribution >= 4 is 5.91 Å². The number of nitrogens with one attached hydrogen (secondary N) is 2. The standard InChI is InChI=1S/C13H22N4O/c1-13(5-8-14-9-6-13)12(18)15-7-3-11-4-10-17(2)16-11/h4,10,14H,3,5-9H2,1-2H3,(H,15,18). The van der Waals surface area contributed by atoms with E-state index >= 15 is 0 Å². The van der Waals surface area contributed by atoms with Crippen LogP contribution in [0.1, 0.15) is 25.5 Å². The summed E-state index contributed by atoms with van der Waals surface area (Å²) in [6.45, 7) is 4.59. The minimum atomic E-state index is -0.199. The van der Waals surface area contributed by atoms with Gasteiger partial charge >= 0.3 is 0 Å². The lowest BCUT2D eigenvalue weighted by Gasteiger charge is -2.32. The summed E-state index contributed by atoms with van der Waals surface area (Å²) in [5, 5.41) is 10.6. The zero-order valence-corrected chi connectivity index (χ0v) is 11.2. The fourth-order valence-electron chi connectivity index (χ4n) is 2.32. The largest absolute Gasteiger partial charge is 0.355 e. The molecule has 1 aromatic heterocycles. The van der Waals surface area contributed by atoms with Crippen molar-refractivity contribution in [2.75, 3.05) is 19.6 Å². The van der Waals surface area contributed by atoms with Crippen molar-refractivity contribution in [3.8, 4) is 0 Å². The van der Waals surface area contributed by atoms with Crippen LogP contribution in [0, 0.1) is 5.41 Å². The molecule has 100 valence electrons. The molecule has 0 aromatic carbocycles. The summed E-state index contributed by atoms with van der Waals surface area (Å²) in [6, 6.07) is 1.98. The number of rotatable bonds is 4. The number of nitrogens with zero attached hydrogens (tertiary/aromatic N) is 2. The van der Waals surface area contributed by atoms with Gasteiger partial charge in [-0.3, -0.25) is 9.48 Å². The third kappa shape index (κ3) is 3.10. The number of aryl methyl sites for hydroxylation is 1. The molecule has 1 aliphatic rings. The zero-order chi connectivity index (χ0) is 13.0. The van der Waals surface area contributed by atoms with E-state index in [4.69, 9.17) is 0 Å². The first-order valence-corrected chi connectivity index (χ1v) is 6.58. The van der Waals surface area contributed by atoms with E-state index in [1.165, 1.54) is 0 Å². The maximum absolute atomic E-state index is 12.2. The van der Waals surface area contributed by atoms with Gasteiger partial charge < -0.3 is 10.6 Å². The van der Waals surface area contributed by atoms with E-state index in [1.807, 2.05) is 19.3 Å². The topological polar surface area (TPSA) is 59.0 Å². The number of carbonyl (C=O) groups is 1. The van der Waals surface area contributed by atoms with Crippen molar-refractivity contribution in [1.29, 1.82) is 0 Å². The summed E-state index contributed by atoms with van der Waals surface area (Å²) in [6.07, 6.45) is 4.55. The van der Waals surface area contributed by atoms with Crippen LogP contribution in [0.5, 0.6) is 0 Å². The van der Waals surface area contributed by atoms with Crippen molar-refractivity contribution in [1.82, 2.24) is 20.4 Å². The maximum Gasteiger partial charge on any atom is 0.226 e. The van der Waals surface area contributed by atoms with Crippen LogP contribution in [0.15, 0.2) is 12.3 Å². The van der Waals surface area contributed by atoms with Gasteiger partial charge in [0.15, 0.2) is 0 Å². The molecule has 1 aliphatic heterocycles. The van der Waals surface area contributed by atoms with Gasteiger partial charge in [-0.1, -0.05) is 6.92 Å². The fourth-order valence-corrected chi connectivity index (χ4v) is 2.32. The molecule has 1 saturated heterocycles. The fraction of sp³-hybridized carbons (Fsp3) is 0.692. The molecular formula is C13H22N4O. The molecule has 2 rings (SSSR count). The molecule has 2 N–H and O–H groups in total. The molecule has 1 amide bonds. The van der Waals surface area contributed by atoms with Gasteiger partial charge in [-0.25, -0.2) is 0 Å². The quantitative estimate of drug-likeness (QED) is 0.816. The molecule has 0 unspecified atom stereocenters. The van der Waals surface area contributed by atoms with Gasteiger partial charge in [0.1, 0.15) is 0 Å². The van der Waals surface area contributed by atoms with E-state index in [-0.39, 0.29) is 11.3 Å². The van der Waals surface area contributed by atoms with Gasteiger partial charge in [-0.2, -0.15) is 5.10 Å². The monoisotopic (exact) mass is 250 g/mol. The second-order valence-electron chi connectivity index (χ2n) is 5.30. The molecule has 1 fully saturated rings. The minimum absolute atomic E-state index is 0.180. The lowest BCUT2D eigenvalue weighted by atomic mass is 9.80. The van der Waals surface area contributed by atoms with Gasteiger partial charge in [0.05, 0.1) is 5.69 Å². The van der Waals surface area contributed by atoms with E-state index in [1.54, 1.807) is 4.68 Å². The SMILES string of the molecule is Cn1ccc(CCNC(=O)C2(C)CCNCC2)n1. The van der Waals surface area contributed by atoms with Crippen molar-refractivity contribution in [2.24, 2.45) is 12.5 Å². The lowest BCUT2D eigenvalue weighted by Crippen LogP contribution is -2.46. The van der Waals surface area contributed by atoms with Crippen LogP contribution in [0.2, 0.25) is 0 Å². The third-order valence-electron chi connectivity index (χ3n) is 3.69. The summed E-state index contributed by atoms with van der Waals surface area (Å²) in [5.41, 5.74) is 0.822. The van der Waals surface area contributed by atoms with E-state index in [0.29, 0.717) is 6.54 Å². The lowest BCUT2D eigenvalue weighted by molar-refractivity contribution is -0.131. The van der Waals surface area contributed by atoms with Crippen LogP contribution < -0.4 is 10.6 Å². The Morgan fingerprint density at radius 2 is 2.28 bits per heavy atom. The maximum atomic E-state index is 12.2. The van der Waals surface area contributed by atoms with Gasteiger partial charge in [0.2, 0.25) is 5.91 Å². The highest BCUT2D eigenvalue weighted by Gasteiger charge is 2.34. The average molecular weight is 250 g/mol. The molecular weight excluding hydrogens is 228 g/mol. The number of hydrogen-bond donors (Lipinski definition) is 2. The van der Waals surface area contributed by atoms with E-state index < -0.39 is 0 Å². The molecule has 1 aromatic rings. The molecule has 5 heteroatoms. The minimum Gasteiger partial charge on any atom is -0.355 e. The normalized spacial score (nSPS) is 18.6. The Morgan fingerprint density at radius 1 is 1.56 bits per heavy atom. The van der Waals surface area contributed by atoms with Crippen molar-refractivity contribution < 1.29 is 4.79 Å². The number of hydrogen-bond acceptors (Lipinski definition) is 3. The predicted molar refractivity (Wildman–Crippen MR) is 70.1 cm³/mol. The molecule has 0 bridgehead atoms. The molecule has 0 radical (unpaired) electrons. The van der Waals surface area contributed by atoms with Crippen LogP contribution in [-0.4, -0.2) is 35.3 Å². The Balaban J connectivity index is 1.77. The van der Waals surface area contributed by atoms with Crippen LogP contribution in [0.3, 0.4) is 0 Å². The first kappa shape index (κ1) is 13.1. The Hall–Kier alpha value is -1.36. The van der Waals surface area contributed by atoms with Gasteiger partial charge in [-0.15, -0.1) is 0 Å². The summed E-state index contributed by atoms with van der Waals surface area (Å²) in [7, 11) is 1.90. The molecule has 0 aliphatic carbocycles. The summed E-state index contributed by atoms with van der Waals surface area (Å²) < 4.78 is 1.78. The number of amides is 1. The highest BCUT2D eigenvalue weighted by molar-refractivity contribution is 5.82. The second-order valence-corrected chi connectivity index (χ2v) is 5.30. The number of aromatic nitrogens is 2. The molecule has 2 heterocycles. The average Bonchev–Trinajstić information content (AvgIpc) is 2.76. The smallest absolute Gasteiger partial charge is 0.226 e. The molecule has 5 nitrogen and oxygen atoms in total. The van der Waals surface area contributed by atoms with Gasteiger partial charge in [-0.05, 0) is 32.0 Å². The Labute approximate surface area is 108 Å². The van der Waals surface area contributed by atoms with E-state index in [0.717, 1.165) is 38.0 Å². The van der Waals surface area contributed by atoms with Crippen molar-refractivity contribution in [3.05, 3.63) is 18.0 Å². The van der Waals surface area contributed by atoms with E-state index in [2.05, 4.69) is 22.7 Å². The Kier molecular flexibility index (Phi) is 4.01. The number of piperidine rings is 1. The van der Waals surface area contributed by atoms with Crippen LogP contribution in [0.25, 0.3) is 0 Å². The first-order chi connectivity index (χ1) is 8.60. The zero-order valence-electron chi connectivity index (χ0n) is 11.2. The Morgan fingerprint density at radius 3 is 2.89 bits per heavy atom. The van der Waals surface area contributed by atoms with Crippen LogP contribution >= 0.6 is 0 Å². The third-order valence-corrected chi connectivity index (χ3v) is 3.69. The predicted octanol–water partition coefficient (Wildman–Crippen LogP) is 0.468. The first-order valence-electron chi connectivity index (χ1n) is 6.58. The summed E-state index contributed by atoms with van der Waals surface area (Å²) >= 11 is 0. The molecule has 0 saturated carbocycles. The highest BCUT2D eigenvalue weighted by atomic mass is 16.2. The van der Waals surface area contributed by atoms with Crippen LogP contribution in [-0.2, 0) is 18.3 Å². The molecule has 0 atom stereocenters. The number of carbonyl (C=O) groups excluding carboxylic acids is 1. The van der Waals surface area contributed by atoms with Crippen LogP contribution in [0.4, 0.5) is 0 Å². The molecule has 0 spiro atoms. The second kappa shape index (κ2) is 5.52. The van der Waals surface area contributed by atoms with E-state index in [9.17, 15) is 4.79 Å².